The lowest BCUT2D eigenvalue weighted by molar-refractivity contribution is -0.134. The molecule has 0 radical (unpaired) electrons. The Morgan fingerprint density at radius 2 is 2.50 bits per heavy atom. The number of ether oxygens (including phenoxy) is 1. The lowest BCUT2D eigenvalue weighted by Gasteiger charge is -2.22. The van der Waals surface area contributed by atoms with Gasteiger partial charge >= 0.3 is 0 Å². The third kappa shape index (κ3) is 2.25. The summed E-state index contributed by atoms with van der Waals surface area (Å²) in [4.78, 5) is 11.6. The van der Waals surface area contributed by atoms with E-state index in [-0.39, 0.29) is 12.0 Å². The first-order valence-electron chi connectivity index (χ1n) is 5.44. The van der Waals surface area contributed by atoms with Gasteiger partial charge in [0.25, 0.3) is 5.91 Å². The average Bonchev–Trinajstić information content (AvgIpc) is 2.98. The zero-order chi connectivity index (χ0) is 9.97. The van der Waals surface area contributed by atoms with Gasteiger partial charge in [-0.05, 0) is 12.3 Å². The number of hydrogen-bond donors (Lipinski definition) is 2. The molecule has 2 aliphatic rings. The molecule has 2 fully saturated rings. The van der Waals surface area contributed by atoms with Crippen LogP contribution < -0.4 is 10.6 Å². The second-order valence-electron chi connectivity index (χ2n) is 4.08. The van der Waals surface area contributed by atoms with Crippen molar-refractivity contribution < 1.29 is 9.53 Å². The van der Waals surface area contributed by atoms with Crippen LogP contribution in [0.4, 0.5) is 0 Å². The number of rotatable bonds is 3. The molecule has 4 heteroatoms. The SMILES string of the molecule is CCC1CC1NC(=O)[C@H]1CNCCO1. The molecule has 1 heterocycles. The molecule has 80 valence electrons. The summed E-state index contributed by atoms with van der Waals surface area (Å²) >= 11 is 0. The van der Waals surface area contributed by atoms with Gasteiger partial charge in [-0.25, -0.2) is 0 Å². The molecule has 14 heavy (non-hydrogen) atoms. The summed E-state index contributed by atoms with van der Waals surface area (Å²) in [5.41, 5.74) is 0. The molecule has 1 amide bonds. The third-order valence-corrected chi connectivity index (χ3v) is 2.99. The summed E-state index contributed by atoms with van der Waals surface area (Å²) in [6.07, 6.45) is 2.03. The van der Waals surface area contributed by atoms with Gasteiger partial charge < -0.3 is 15.4 Å². The molecule has 3 atom stereocenters. The minimum Gasteiger partial charge on any atom is -0.366 e. The molecular weight excluding hydrogens is 180 g/mol. The van der Waals surface area contributed by atoms with Crippen molar-refractivity contribution >= 4 is 5.91 Å². The molecule has 2 rings (SSSR count). The topological polar surface area (TPSA) is 50.4 Å². The van der Waals surface area contributed by atoms with Crippen molar-refractivity contribution in [3.63, 3.8) is 0 Å². The molecule has 1 saturated carbocycles. The highest BCUT2D eigenvalue weighted by Crippen LogP contribution is 2.33. The highest BCUT2D eigenvalue weighted by atomic mass is 16.5. The van der Waals surface area contributed by atoms with Crippen molar-refractivity contribution in [3.8, 4) is 0 Å². The van der Waals surface area contributed by atoms with Crippen LogP contribution in [0.15, 0.2) is 0 Å². The quantitative estimate of drug-likeness (QED) is 0.665. The fourth-order valence-electron chi connectivity index (χ4n) is 1.89. The molecule has 0 aromatic carbocycles. The van der Waals surface area contributed by atoms with E-state index in [1.807, 2.05) is 0 Å². The first-order valence-corrected chi connectivity index (χ1v) is 5.44. The summed E-state index contributed by atoms with van der Waals surface area (Å²) in [5, 5.41) is 6.17. The van der Waals surface area contributed by atoms with Gasteiger partial charge in [-0.3, -0.25) is 4.79 Å². The average molecular weight is 198 g/mol. The fourth-order valence-corrected chi connectivity index (χ4v) is 1.89. The minimum absolute atomic E-state index is 0.0538. The second kappa shape index (κ2) is 4.28. The smallest absolute Gasteiger partial charge is 0.250 e. The van der Waals surface area contributed by atoms with Gasteiger partial charge in [0.15, 0.2) is 0 Å². The number of carbonyl (C=O) groups excluding carboxylic acids is 1. The summed E-state index contributed by atoms with van der Waals surface area (Å²) in [6.45, 7) is 4.30. The van der Waals surface area contributed by atoms with Crippen molar-refractivity contribution in [2.75, 3.05) is 19.7 Å². The molecule has 0 bridgehead atoms. The van der Waals surface area contributed by atoms with Gasteiger partial charge in [0.1, 0.15) is 6.10 Å². The van der Waals surface area contributed by atoms with Crippen LogP contribution in [-0.2, 0) is 9.53 Å². The Morgan fingerprint density at radius 3 is 3.07 bits per heavy atom. The van der Waals surface area contributed by atoms with Crippen LogP contribution in [0.2, 0.25) is 0 Å². The first-order chi connectivity index (χ1) is 6.81. The van der Waals surface area contributed by atoms with Crippen molar-refractivity contribution in [2.24, 2.45) is 5.92 Å². The monoisotopic (exact) mass is 198 g/mol. The lowest BCUT2D eigenvalue weighted by Crippen LogP contribution is -2.48. The van der Waals surface area contributed by atoms with Gasteiger partial charge in [-0.2, -0.15) is 0 Å². The van der Waals surface area contributed by atoms with E-state index in [4.69, 9.17) is 4.74 Å². The van der Waals surface area contributed by atoms with Gasteiger partial charge in [0.05, 0.1) is 6.61 Å². The third-order valence-electron chi connectivity index (χ3n) is 2.99. The lowest BCUT2D eigenvalue weighted by atomic mass is 10.2. The normalized spacial score (nSPS) is 36.5. The standard InChI is InChI=1S/C10H18N2O2/c1-2-7-5-8(7)12-10(13)9-6-11-3-4-14-9/h7-9,11H,2-6H2,1H3,(H,12,13)/t7?,8?,9-/m1/s1. The summed E-state index contributed by atoms with van der Waals surface area (Å²) in [7, 11) is 0. The molecule has 1 saturated heterocycles. The number of carbonyl (C=O) groups is 1. The number of amides is 1. The van der Waals surface area contributed by atoms with Crippen LogP contribution in [0.1, 0.15) is 19.8 Å². The van der Waals surface area contributed by atoms with Gasteiger partial charge in [0, 0.05) is 19.1 Å². The highest BCUT2D eigenvalue weighted by molar-refractivity contribution is 5.81. The molecule has 0 spiro atoms. The minimum atomic E-state index is -0.276. The Kier molecular flexibility index (Phi) is 3.03. The molecular formula is C10H18N2O2. The van der Waals surface area contributed by atoms with Gasteiger partial charge in [-0.1, -0.05) is 13.3 Å². The summed E-state index contributed by atoms with van der Waals surface area (Å²) in [5.74, 6) is 0.758. The van der Waals surface area contributed by atoms with Gasteiger partial charge in [0.2, 0.25) is 0 Å². The largest absolute Gasteiger partial charge is 0.366 e. The number of morpholine rings is 1. The molecule has 4 nitrogen and oxygen atoms in total. The zero-order valence-electron chi connectivity index (χ0n) is 8.58. The predicted octanol–water partition coefficient (Wildman–Crippen LogP) is -0.111. The maximum atomic E-state index is 11.6. The maximum absolute atomic E-state index is 11.6. The van der Waals surface area contributed by atoms with Crippen LogP contribution in [0.3, 0.4) is 0 Å². The molecule has 0 aromatic rings. The first kappa shape index (κ1) is 9.93. The number of hydrogen-bond acceptors (Lipinski definition) is 3. The van der Waals surface area contributed by atoms with Crippen LogP contribution in [0.5, 0.6) is 0 Å². The predicted molar refractivity (Wildman–Crippen MR) is 52.9 cm³/mol. The van der Waals surface area contributed by atoms with Gasteiger partial charge in [-0.15, -0.1) is 0 Å². The van der Waals surface area contributed by atoms with E-state index >= 15 is 0 Å². The van der Waals surface area contributed by atoms with E-state index < -0.39 is 0 Å². The Bertz CT molecular complexity index is 214. The molecule has 2 N–H and O–H groups in total. The Labute approximate surface area is 84.4 Å². The van der Waals surface area contributed by atoms with Crippen LogP contribution in [0, 0.1) is 5.92 Å². The highest BCUT2D eigenvalue weighted by Gasteiger charge is 2.38. The molecule has 0 aromatic heterocycles. The number of nitrogens with one attached hydrogen (secondary N) is 2. The molecule has 1 aliphatic heterocycles. The van der Waals surface area contributed by atoms with Crippen molar-refractivity contribution in [1.82, 2.24) is 10.6 Å². The van der Waals surface area contributed by atoms with Crippen molar-refractivity contribution in [1.29, 1.82) is 0 Å². The molecule has 2 unspecified atom stereocenters. The maximum Gasteiger partial charge on any atom is 0.250 e. The Balaban J connectivity index is 1.72. The van der Waals surface area contributed by atoms with Crippen LogP contribution in [0.25, 0.3) is 0 Å². The zero-order valence-corrected chi connectivity index (χ0v) is 8.58. The molecule has 1 aliphatic carbocycles. The van der Waals surface area contributed by atoms with Crippen LogP contribution >= 0.6 is 0 Å². The van der Waals surface area contributed by atoms with E-state index in [1.165, 1.54) is 0 Å². The van der Waals surface area contributed by atoms with E-state index in [1.54, 1.807) is 0 Å². The van der Waals surface area contributed by atoms with Crippen molar-refractivity contribution in [3.05, 3.63) is 0 Å². The summed E-state index contributed by atoms with van der Waals surface area (Å²) in [6, 6.07) is 0.415. The van der Waals surface area contributed by atoms with E-state index in [0.29, 0.717) is 25.1 Å². The Morgan fingerprint density at radius 1 is 1.64 bits per heavy atom. The van der Waals surface area contributed by atoms with Crippen molar-refractivity contribution in [2.45, 2.75) is 31.9 Å². The fraction of sp³-hybridized carbons (Fsp3) is 0.900. The second-order valence-corrected chi connectivity index (χ2v) is 4.08. The Hall–Kier alpha value is -0.610. The van der Waals surface area contributed by atoms with Crippen LogP contribution in [-0.4, -0.2) is 37.7 Å². The summed E-state index contributed by atoms with van der Waals surface area (Å²) < 4.78 is 5.36. The van der Waals surface area contributed by atoms with E-state index in [0.717, 1.165) is 19.4 Å². The van der Waals surface area contributed by atoms with E-state index in [2.05, 4.69) is 17.6 Å². The van der Waals surface area contributed by atoms with E-state index in [9.17, 15) is 4.79 Å².